The van der Waals surface area contributed by atoms with Crippen LogP contribution in [0.25, 0.3) is 6.08 Å². The molecule has 0 heterocycles. The van der Waals surface area contributed by atoms with Crippen molar-refractivity contribution in [3.8, 4) is 11.5 Å². The predicted molar refractivity (Wildman–Crippen MR) is 73.8 cm³/mol. The Hall–Kier alpha value is -2.50. The summed E-state index contributed by atoms with van der Waals surface area (Å²) in [6.07, 6.45) is 2.83. The summed E-state index contributed by atoms with van der Waals surface area (Å²) in [5.74, 6) is -0.421. The van der Waals surface area contributed by atoms with Crippen molar-refractivity contribution >= 4 is 18.0 Å². The van der Waals surface area contributed by atoms with Crippen LogP contribution in [0.3, 0.4) is 0 Å². The molecule has 1 rings (SSSR count). The zero-order valence-corrected chi connectivity index (χ0v) is 11.5. The maximum absolute atomic E-state index is 11.5. The van der Waals surface area contributed by atoms with Crippen LogP contribution < -0.4 is 14.8 Å². The summed E-state index contributed by atoms with van der Waals surface area (Å²) in [7, 11) is 3.06. The Morgan fingerprint density at radius 3 is 2.45 bits per heavy atom. The van der Waals surface area contributed by atoms with Crippen molar-refractivity contribution in [2.45, 2.75) is 13.0 Å². The van der Waals surface area contributed by atoms with Gasteiger partial charge < -0.3 is 19.9 Å². The van der Waals surface area contributed by atoms with Gasteiger partial charge in [0.1, 0.15) is 6.04 Å². The molecule has 0 radical (unpaired) electrons. The number of ether oxygens (including phenoxy) is 2. The van der Waals surface area contributed by atoms with Gasteiger partial charge >= 0.3 is 5.97 Å². The van der Waals surface area contributed by atoms with Crippen LogP contribution in [0.15, 0.2) is 24.3 Å². The van der Waals surface area contributed by atoms with Gasteiger partial charge in [-0.05, 0) is 30.7 Å². The Kier molecular flexibility index (Phi) is 5.58. The van der Waals surface area contributed by atoms with Crippen LogP contribution in [0.4, 0.5) is 0 Å². The predicted octanol–water partition coefficient (Wildman–Crippen LogP) is 1.31. The van der Waals surface area contributed by atoms with Crippen molar-refractivity contribution < 1.29 is 24.2 Å². The lowest BCUT2D eigenvalue weighted by atomic mass is 10.2. The highest BCUT2D eigenvalue weighted by atomic mass is 16.5. The van der Waals surface area contributed by atoms with Crippen molar-refractivity contribution in [2.24, 2.45) is 0 Å². The molecule has 0 spiro atoms. The number of benzene rings is 1. The number of hydrogen-bond acceptors (Lipinski definition) is 4. The smallest absolute Gasteiger partial charge is 0.325 e. The van der Waals surface area contributed by atoms with Crippen LogP contribution in [0, 0.1) is 0 Å². The molecule has 0 fully saturated rings. The zero-order valence-electron chi connectivity index (χ0n) is 11.5. The summed E-state index contributed by atoms with van der Waals surface area (Å²) in [6.45, 7) is 1.39. The molecule has 0 saturated carbocycles. The van der Waals surface area contributed by atoms with Crippen molar-refractivity contribution in [1.29, 1.82) is 0 Å². The van der Waals surface area contributed by atoms with E-state index in [9.17, 15) is 9.59 Å². The van der Waals surface area contributed by atoms with E-state index < -0.39 is 17.9 Å². The second kappa shape index (κ2) is 7.18. The summed E-state index contributed by atoms with van der Waals surface area (Å²) in [6, 6.07) is 4.25. The van der Waals surface area contributed by atoms with Crippen LogP contribution in [-0.4, -0.2) is 37.2 Å². The molecule has 6 nitrogen and oxygen atoms in total. The lowest BCUT2D eigenvalue weighted by Crippen LogP contribution is -2.37. The van der Waals surface area contributed by atoms with Crippen LogP contribution in [0.2, 0.25) is 0 Å². The summed E-state index contributed by atoms with van der Waals surface area (Å²) < 4.78 is 10.2. The monoisotopic (exact) mass is 279 g/mol. The first-order valence-corrected chi connectivity index (χ1v) is 5.91. The average Bonchev–Trinajstić information content (AvgIpc) is 2.44. The van der Waals surface area contributed by atoms with Crippen molar-refractivity contribution in [1.82, 2.24) is 5.32 Å². The molecular weight excluding hydrogens is 262 g/mol. The molecule has 6 heteroatoms. The number of hydrogen-bond donors (Lipinski definition) is 2. The molecule has 0 bridgehead atoms. The quantitative estimate of drug-likeness (QED) is 0.767. The van der Waals surface area contributed by atoms with Crippen molar-refractivity contribution in [2.75, 3.05) is 14.2 Å². The molecular formula is C14H17NO5. The summed E-state index contributed by atoms with van der Waals surface area (Å²) in [5, 5.41) is 11.0. The molecule has 0 unspecified atom stereocenters. The number of nitrogens with one attached hydrogen (secondary N) is 1. The minimum Gasteiger partial charge on any atom is -0.493 e. The normalized spacial score (nSPS) is 11.9. The first-order valence-electron chi connectivity index (χ1n) is 5.91. The van der Waals surface area contributed by atoms with Gasteiger partial charge in [0.05, 0.1) is 14.2 Å². The third-order valence-corrected chi connectivity index (χ3v) is 2.56. The third kappa shape index (κ3) is 4.31. The minimum absolute atomic E-state index is 0.477. The topological polar surface area (TPSA) is 84.9 Å². The van der Waals surface area contributed by atoms with Gasteiger partial charge in [-0.1, -0.05) is 6.07 Å². The third-order valence-electron chi connectivity index (χ3n) is 2.56. The molecule has 1 aromatic rings. The van der Waals surface area contributed by atoms with Gasteiger partial charge in [0, 0.05) is 6.08 Å². The molecule has 0 aliphatic heterocycles. The Morgan fingerprint density at radius 2 is 1.90 bits per heavy atom. The molecule has 2 N–H and O–H groups in total. The number of carbonyl (C=O) groups is 2. The lowest BCUT2D eigenvalue weighted by Gasteiger charge is -2.08. The van der Waals surface area contributed by atoms with E-state index in [4.69, 9.17) is 14.6 Å². The molecule has 1 atom stereocenters. The van der Waals surface area contributed by atoms with Crippen molar-refractivity contribution in [3.63, 3.8) is 0 Å². The zero-order chi connectivity index (χ0) is 15.1. The fourth-order valence-corrected chi connectivity index (χ4v) is 1.45. The molecule has 0 aliphatic carbocycles. The number of carboxylic acids is 1. The Labute approximate surface area is 117 Å². The largest absolute Gasteiger partial charge is 0.493 e. The van der Waals surface area contributed by atoms with Crippen molar-refractivity contribution in [3.05, 3.63) is 29.8 Å². The van der Waals surface area contributed by atoms with Gasteiger partial charge in [-0.15, -0.1) is 0 Å². The van der Waals surface area contributed by atoms with E-state index in [2.05, 4.69) is 5.32 Å². The molecule has 0 aromatic heterocycles. The number of carbonyl (C=O) groups excluding carboxylic acids is 1. The maximum Gasteiger partial charge on any atom is 0.325 e. The van der Waals surface area contributed by atoms with E-state index in [-0.39, 0.29) is 0 Å². The molecule has 20 heavy (non-hydrogen) atoms. The van der Waals surface area contributed by atoms with Gasteiger partial charge in [0.2, 0.25) is 5.91 Å². The highest BCUT2D eigenvalue weighted by Gasteiger charge is 2.11. The summed E-state index contributed by atoms with van der Waals surface area (Å²) in [4.78, 5) is 22.1. The standard InChI is InChI=1S/C14H17NO5/c1-9(14(17)18)15-13(16)7-5-10-4-6-11(19-2)12(8-10)20-3/h4-9H,1-3H3,(H,15,16)(H,17,18)/t9-/m1/s1. The molecule has 0 saturated heterocycles. The number of rotatable bonds is 6. The van der Waals surface area contributed by atoms with E-state index >= 15 is 0 Å². The fourth-order valence-electron chi connectivity index (χ4n) is 1.45. The molecule has 1 aromatic carbocycles. The Morgan fingerprint density at radius 1 is 1.25 bits per heavy atom. The SMILES string of the molecule is COc1ccc(C=CC(=O)N[C@H](C)C(=O)O)cc1OC. The van der Waals surface area contributed by atoms with Gasteiger partial charge in [-0.3, -0.25) is 9.59 Å². The Balaban J connectivity index is 2.75. The van der Waals surface area contributed by atoms with E-state index in [0.29, 0.717) is 11.5 Å². The van der Waals surface area contributed by atoms with Gasteiger partial charge in [0.15, 0.2) is 11.5 Å². The Bertz CT molecular complexity index is 524. The van der Waals surface area contributed by atoms with Gasteiger partial charge in [0.25, 0.3) is 0 Å². The van der Waals surface area contributed by atoms with Crippen LogP contribution in [0.5, 0.6) is 11.5 Å². The second-order valence-electron chi connectivity index (χ2n) is 4.02. The number of amides is 1. The maximum atomic E-state index is 11.5. The van der Waals surface area contributed by atoms with E-state index in [1.165, 1.54) is 27.2 Å². The van der Waals surface area contributed by atoms with Crippen LogP contribution >= 0.6 is 0 Å². The van der Waals surface area contributed by atoms with Crippen LogP contribution in [0.1, 0.15) is 12.5 Å². The van der Waals surface area contributed by atoms with E-state index in [1.54, 1.807) is 24.3 Å². The molecule has 108 valence electrons. The highest BCUT2D eigenvalue weighted by molar-refractivity contribution is 5.94. The van der Waals surface area contributed by atoms with Gasteiger partial charge in [-0.2, -0.15) is 0 Å². The average molecular weight is 279 g/mol. The first kappa shape index (κ1) is 15.6. The fraction of sp³-hybridized carbons (Fsp3) is 0.286. The highest BCUT2D eigenvalue weighted by Crippen LogP contribution is 2.27. The first-order chi connectivity index (χ1) is 9.47. The lowest BCUT2D eigenvalue weighted by molar-refractivity contribution is -0.140. The summed E-state index contributed by atoms with van der Waals surface area (Å²) >= 11 is 0. The van der Waals surface area contributed by atoms with E-state index in [0.717, 1.165) is 5.56 Å². The number of aliphatic carboxylic acids is 1. The minimum atomic E-state index is -1.09. The number of methoxy groups -OCH3 is 2. The van der Waals surface area contributed by atoms with E-state index in [1.807, 2.05) is 0 Å². The van der Waals surface area contributed by atoms with Crippen LogP contribution in [-0.2, 0) is 9.59 Å². The summed E-state index contributed by atoms with van der Waals surface area (Å²) in [5.41, 5.74) is 0.737. The van der Waals surface area contributed by atoms with Gasteiger partial charge in [-0.25, -0.2) is 0 Å². The molecule has 0 aliphatic rings. The molecule has 1 amide bonds. The number of carboxylic acid groups (broad SMARTS) is 1. The second-order valence-corrected chi connectivity index (χ2v) is 4.02.